The lowest BCUT2D eigenvalue weighted by molar-refractivity contribution is -0.147. The van der Waals surface area contributed by atoms with Crippen LogP contribution in [0.15, 0.2) is 10.6 Å². The molecule has 2 amide bonds. The average Bonchev–Trinajstić information content (AvgIpc) is 3.04. The van der Waals surface area contributed by atoms with Crippen LogP contribution in [0.3, 0.4) is 0 Å². The Balaban J connectivity index is 2.05. The summed E-state index contributed by atoms with van der Waals surface area (Å²) in [7, 11) is 1.73. The molecule has 0 N–H and O–H groups in total. The summed E-state index contributed by atoms with van der Waals surface area (Å²) < 4.78 is 5.02. The zero-order valence-electron chi connectivity index (χ0n) is 13.8. The molecule has 0 spiro atoms. The van der Waals surface area contributed by atoms with Crippen LogP contribution in [0.4, 0.5) is 0 Å². The van der Waals surface area contributed by atoms with Gasteiger partial charge in [-0.15, -0.1) is 11.8 Å². The van der Waals surface area contributed by atoms with E-state index in [4.69, 9.17) is 4.52 Å². The van der Waals surface area contributed by atoms with E-state index in [1.54, 1.807) is 28.6 Å². The van der Waals surface area contributed by atoms with Crippen LogP contribution in [0.2, 0.25) is 0 Å². The molecular weight excluding hydrogens is 302 g/mol. The van der Waals surface area contributed by atoms with Crippen molar-refractivity contribution in [2.75, 3.05) is 18.7 Å². The zero-order chi connectivity index (χ0) is 16.5. The van der Waals surface area contributed by atoms with Gasteiger partial charge in [0.25, 0.3) is 0 Å². The number of aromatic nitrogens is 1. The van der Waals surface area contributed by atoms with Gasteiger partial charge in [0.15, 0.2) is 0 Å². The van der Waals surface area contributed by atoms with Crippen LogP contribution in [0.5, 0.6) is 0 Å². The molecule has 0 saturated carbocycles. The molecule has 0 radical (unpaired) electrons. The molecule has 6 nitrogen and oxygen atoms in total. The number of thioether (sulfide) groups is 1. The Morgan fingerprint density at radius 1 is 1.50 bits per heavy atom. The summed E-state index contributed by atoms with van der Waals surface area (Å²) in [5.74, 6) is 1.90. The molecule has 1 aromatic heterocycles. The number of aryl methyl sites for hydroxylation is 1. The number of carbonyl (C=O) groups excluding carboxylic acids is 2. The molecule has 7 heteroatoms. The van der Waals surface area contributed by atoms with E-state index in [1.807, 2.05) is 33.8 Å². The number of hydrogen-bond donors (Lipinski definition) is 0. The maximum Gasteiger partial charge on any atom is 0.246 e. The first kappa shape index (κ1) is 16.9. The van der Waals surface area contributed by atoms with Gasteiger partial charge in [0, 0.05) is 24.3 Å². The minimum Gasteiger partial charge on any atom is -0.361 e. The van der Waals surface area contributed by atoms with Gasteiger partial charge < -0.3 is 14.3 Å². The highest BCUT2D eigenvalue weighted by Crippen LogP contribution is 2.28. The molecular formula is C15H23N3O3S. The second-order valence-corrected chi connectivity index (χ2v) is 7.66. The van der Waals surface area contributed by atoms with Crippen molar-refractivity contribution in [1.82, 2.24) is 15.0 Å². The van der Waals surface area contributed by atoms with Crippen molar-refractivity contribution in [3.8, 4) is 0 Å². The number of carbonyl (C=O) groups is 2. The number of hydrogen-bond acceptors (Lipinski definition) is 5. The van der Waals surface area contributed by atoms with Gasteiger partial charge in [0.2, 0.25) is 11.8 Å². The average molecular weight is 325 g/mol. The Kier molecular flexibility index (Phi) is 4.84. The van der Waals surface area contributed by atoms with Crippen LogP contribution in [-0.2, 0) is 16.1 Å². The van der Waals surface area contributed by atoms with Crippen LogP contribution in [0.25, 0.3) is 0 Å². The molecule has 122 valence electrons. The molecule has 1 saturated heterocycles. The molecule has 2 rings (SSSR count). The second-order valence-electron chi connectivity index (χ2n) is 6.66. The number of likely N-dealkylation sites (N-methyl/N-ethyl adjacent to an activating group) is 1. The summed E-state index contributed by atoms with van der Waals surface area (Å²) in [6.07, 6.45) is 0. The van der Waals surface area contributed by atoms with Gasteiger partial charge in [0.05, 0.1) is 12.4 Å². The summed E-state index contributed by atoms with van der Waals surface area (Å²) in [4.78, 5) is 28.4. The molecule has 1 aliphatic heterocycles. The lowest BCUT2D eigenvalue weighted by Gasteiger charge is -2.31. The topological polar surface area (TPSA) is 66.7 Å². The highest BCUT2D eigenvalue weighted by Gasteiger charge is 2.40. The molecule has 0 bridgehead atoms. The van der Waals surface area contributed by atoms with E-state index in [1.165, 1.54) is 0 Å². The highest BCUT2D eigenvalue weighted by molar-refractivity contribution is 7.99. The monoisotopic (exact) mass is 325 g/mol. The quantitative estimate of drug-likeness (QED) is 0.849. The molecule has 0 aromatic carbocycles. The van der Waals surface area contributed by atoms with Gasteiger partial charge in [-0.3, -0.25) is 9.59 Å². The third-order valence-electron chi connectivity index (χ3n) is 3.52. The Bertz CT molecular complexity index is 565. The highest BCUT2D eigenvalue weighted by atomic mass is 32.2. The second kappa shape index (κ2) is 6.32. The van der Waals surface area contributed by atoms with Crippen molar-refractivity contribution in [3.63, 3.8) is 0 Å². The lowest BCUT2D eigenvalue weighted by Crippen LogP contribution is -2.50. The zero-order valence-corrected chi connectivity index (χ0v) is 14.6. The van der Waals surface area contributed by atoms with Gasteiger partial charge in [-0.2, -0.15) is 0 Å². The fraction of sp³-hybridized carbons (Fsp3) is 0.667. The maximum absolute atomic E-state index is 12.7. The smallest absolute Gasteiger partial charge is 0.246 e. The van der Waals surface area contributed by atoms with Crippen LogP contribution in [0.1, 0.15) is 32.2 Å². The van der Waals surface area contributed by atoms with E-state index in [0.29, 0.717) is 23.9 Å². The number of amides is 2. The van der Waals surface area contributed by atoms with E-state index < -0.39 is 11.5 Å². The fourth-order valence-corrected chi connectivity index (χ4v) is 3.49. The van der Waals surface area contributed by atoms with Crippen molar-refractivity contribution in [1.29, 1.82) is 0 Å². The minimum atomic E-state index is -0.481. The molecule has 2 heterocycles. The van der Waals surface area contributed by atoms with Crippen molar-refractivity contribution in [2.45, 2.75) is 40.3 Å². The van der Waals surface area contributed by atoms with E-state index in [-0.39, 0.29) is 11.8 Å². The summed E-state index contributed by atoms with van der Waals surface area (Å²) >= 11 is 1.61. The van der Waals surface area contributed by atoms with Crippen molar-refractivity contribution in [2.24, 2.45) is 5.41 Å². The predicted molar refractivity (Wildman–Crippen MR) is 85.1 cm³/mol. The summed E-state index contributed by atoms with van der Waals surface area (Å²) in [6.45, 7) is 7.83. The molecule has 22 heavy (non-hydrogen) atoms. The first-order valence-corrected chi connectivity index (χ1v) is 8.41. The Morgan fingerprint density at radius 3 is 2.73 bits per heavy atom. The van der Waals surface area contributed by atoms with Gasteiger partial charge in [-0.25, -0.2) is 0 Å². The predicted octanol–water partition coefficient (Wildman–Crippen LogP) is 1.89. The first-order chi connectivity index (χ1) is 10.2. The van der Waals surface area contributed by atoms with Crippen LogP contribution in [0, 0.1) is 12.3 Å². The Morgan fingerprint density at radius 2 is 2.18 bits per heavy atom. The largest absolute Gasteiger partial charge is 0.361 e. The molecule has 0 aliphatic carbocycles. The SMILES string of the molecule is Cc1cc(CN(C)C(=O)C2CSCN2C(=O)C(C)(C)C)no1. The first-order valence-electron chi connectivity index (χ1n) is 7.26. The minimum absolute atomic E-state index is 0.0153. The molecule has 1 unspecified atom stereocenters. The normalized spacial score (nSPS) is 18.6. The van der Waals surface area contributed by atoms with Crippen LogP contribution in [-0.4, -0.2) is 51.5 Å². The Labute approximate surface area is 135 Å². The van der Waals surface area contributed by atoms with E-state index in [2.05, 4.69) is 5.16 Å². The third kappa shape index (κ3) is 3.63. The maximum atomic E-state index is 12.7. The van der Waals surface area contributed by atoms with Crippen molar-refractivity contribution >= 4 is 23.6 Å². The van der Waals surface area contributed by atoms with Crippen LogP contribution >= 0.6 is 11.8 Å². The van der Waals surface area contributed by atoms with Gasteiger partial charge in [-0.1, -0.05) is 25.9 Å². The molecule has 1 aliphatic rings. The molecule has 1 aromatic rings. The van der Waals surface area contributed by atoms with Crippen molar-refractivity contribution in [3.05, 3.63) is 17.5 Å². The van der Waals surface area contributed by atoms with Gasteiger partial charge >= 0.3 is 0 Å². The van der Waals surface area contributed by atoms with Gasteiger partial charge in [0.1, 0.15) is 17.5 Å². The summed E-state index contributed by atoms with van der Waals surface area (Å²) in [5, 5.41) is 3.90. The lowest BCUT2D eigenvalue weighted by atomic mass is 9.94. The summed E-state index contributed by atoms with van der Waals surface area (Å²) in [5.41, 5.74) is 0.235. The van der Waals surface area contributed by atoms with Crippen LogP contribution < -0.4 is 0 Å². The Hall–Kier alpha value is -1.50. The fourth-order valence-electron chi connectivity index (χ4n) is 2.35. The van der Waals surface area contributed by atoms with Gasteiger partial charge in [-0.05, 0) is 6.92 Å². The third-order valence-corrected chi connectivity index (χ3v) is 4.53. The molecule has 1 fully saturated rings. The summed E-state index contributed by atoms with van der Waals surface area (Å²) in [6, 6.07) is 1.42. The number of rotatable bonds is 3. The molecule has 1 atom stereocenters. The standard InChI is InChI=1S/C15H23N3O3S/c1-10-6-11(16-21-10)7-17(5)13(19)12-8-22-9-18(12)14(20)15(2,3)4/h6,12H,7-9H2,1-5H3. The van der Waals surface area contributed by atoms with Crippen molar-refractivity contribution < 1.29 is 14.1 Å². The van der Waals surface area contributed by atoms with E-state index in [9.17, 15) is 9.59 Å². The van der Waals surface area contributed by atoms with E-state index in [0.717, 1.165) is 5.76 Å². The van der Waals surface area contributed by atoms with E-state index >= 15 is 0 Å². The number of nitrogens with zero attached hydrogens (tertiary/aromatic N) is 3.